The van der Waals surface area contributed by atoms with Gasteiger partial charge in [-0.2, -0.15) is 0 Å². The number of likely N-dealkylation sites (tertiary alicyclic amines) is 1. The Bertz CT molecular complexity index is 386. The van der Waals surface area contributed by atoms with Crippen molar-refractivity contribution in [3.63, 3.8) is 0 Å². The number of benzene rings is 1. The third-order valence-corrected chi connectivity index (χ3v) is 4.40. The van der Waals surface area contributed by atoms with Crippen LogP contribution in [0, 0.1) is 11.7 Å². The lowest BCUT2D eigenvalue weighted by atomic mass is 9.89. The summed E-state index contributed by atoms with van der Waals surface area (Å²) in [5, 5.41) is 0. The second-order valence-electron chi connectivity index (χ2n) is 5.71. The smallest absolute Gasteiger partial charge is 0.123 e. The van der Waals surface area contributed by atoms with Crippen LogP contribution in [0.15, 0.2) is 24.3 Å². The van der Waals surface area contributed by atoms with Gasteiger partial charge in [0.1, 0.15) is 5.82 Å². The van der Waals surface area contributed by atoms with E-state index >= 15 is 0 Å². The molecule has 1 aliphatic heterocycles. The number of nitrogens with two attached hydrogens (primary N) is 1. The average molecular weight is 301 g/mol. The van der Waals surface area contributed by atoms with Crippen molar-refractivity contribution in [2.75, 3.05) is 13.1 Å². The van der Waals surface area contributed by atoms with Crippen molar-refractivity contribution in [1.29, 1.82) is 0 Å². The third-order valence-electron chi connectivity index (χ3n) is 4.40. The van der Waals surface area contributed by atoms with E-state index in [1.807, 2.05) is 12.1 Å². The van der Waals surface area contributed by atoms with E-state index in [-0.39, 0.29) is 18.2 Å². The van der Waals surface area contributed by atoms with E-state index in [9.17, 15) is 4.39 Å². The minimum absolute atomic E-state index is 0. The van der Waals surface area contributed by atoms with Crippen molar-refractivity contribution in [1.82, 2.24) is 4.90 Å². The quantitative estimate of drug-likeness (QED) is 0.917. The van der Waals surface area contributed by atoms with Gasteiger partial charge in [-0.05, 0) is 62.9 Å². The Morgan fingerprint density at radius 2 is 1.80 bits per heavy atom. The Balaban J connectivity index is 0.00000200. The molecule has 1 heterocycles. The zero-order valence-corrected chi connectivity index (χ0v) is 13.2. The largest absolute Gasteiger partial charge is 0.328 e. The lowest BCUT2D eigenvalue weighted by Gasteiger charge is -2.38. The van der Waals surface area contributed by atoms with E-state index in [4.69, 9.17) is 5.73 Å². The van der Waals surface area contributed by atoms with Crippen molar-refractivity contribution < 1.29 is 4.39 Å². The lowest BCUT2D eigenvalue weighted by molar-refractivity contribution is 0.121. The Kier molecular flexibility index (Phi) is 6.93. The molecule has 114 valence electrons. The van der Waals surface area contributed by atoms with Crippen molar-refractivity contribution in [3.05, 3.63) is 35.6 Å². The topological polar surface area (TPSA) is 29.3 Å². The highest BCUT2D eigenvalue weighted by atomic mass is 35.5. The highest BCUT2D eigenvalue weighted by Crippen LogP contribution is 2.30. The molecule has 4 heteroatoms. The molecule has 0 saturated carbocycles. The van der Waals surface area contributed by atoms with Crippen LogP contribution in [0.2, 0.25) is 0 Å². The van der Waals surface area contributed by atoms with Gasteiger partial charge in [0.2, 0.25) is 0 Å². The molecule has 2 nitrogen and oxygen atoms in total. The molecule has 0 amide bonds. The highest BCUT2D eigenvalue weighted by molar-refractivity contribution is 5.85. The summed E-state index contributed by atoms with van der Waals surface area (Å²) in [5.41, 5.74) is 7.21. The zero-order valence-electron chi connectivity index (χ0n) is 12.4. The molecule has 2 unspecified atom stereocenters. The maximum atomic E-state index is 13.0. The molecule has 1 aromatic carbocycles. The van der Waals surface area contributed by atoms with Crippen LogP contribution in [0.25, 0.3) is 0 Å². The maximum absolute atomic E-state index is 13.0. The number of piperidine rings is 1. The summed E-state index contributed by atoms with van der Waals surface area (Å²) in [6, 6.07) is 7.67. The number of hydrogen-bond acceptors (Lipinski definition) is 2. The molecular weight excluding hydrogens is 275 g/mol. The van der Waals surface area contributed by atoms with Gasteiger partial charge in [-0.1, -0.05) is 19.1 Å². The molecule has 1 aliphatic rings. The van der Waals surface area contributed by atoms with E-state index in [0.29, 0.717) is 18.0 Å². The van der Waals surface area contributed by atoms with Crippen LogP contribution >= 0.6 is 12.4 Å². The summed E-state index contributed by atoms with van der Waals surface area (Å²) in [6.07, 6.45) is 3.42. The van der Waals surface area contributed by atoms with Gasteiger partial charge < -0.3 is 5.73 Å². The van der Waals surface area contributed by atoms with Crippen LogP contribution in [0.1, 0.15) is 44.7 Å². The first kappa shape index (κ1) is 17.4. The highest BCUT2D eigenvalue weighted by Gasteiger charge is 2.26. The first-order valence-electron chi connectivity index (χ1n) is 7.37. The van der Waals surface area contributed by atoms with Crippen LogP contribution in [0.5, 0.6) is 0 Å². The molecule has 1 aromatic rings. The monoisotopic (exact) mass is 300 g/mol. The zero-order chi connectivity index (χ0) is 13.8. The van der Waals surface area contributed by atoms with Gasteiger partial charge >= 0.3 is 0 Å². The molecule has 0 bridgehead atoms. The minimum atomic E-state index is -0.158. The van der Waals surface area contributed by atoms with Gasteiger partial charge in [0.25, 0.3) is 0 Å². The summed E-state index contributed by atoms with van der Waals surface area (Å²) in [5.74, 6) is 0.497. The first-order chi connectivity index (χ1) is 9.11. The molecule has 1 fully saturated rings. The van der Waals surface area contributed by atoms with Crippen LogP contribution in [-0.4, -0.2) is 24.0 Å². The molecule has 0 radical (unpaired) electrons. The fourth-order valence-electron chi connectivity index (χ4n) is 3.15. The molecule has 2 N–H and O–H groups in total. The fraction of sp³-hybridized carbons (Fsp3) is 0.625. The van der Waals surface area contributed by atoms with Crippen LogP contribution < -0.4 is 5.73 Å². The van der Waals surface area contributed by atoms with Gasteiger partial charge in [-0.15, -0.1) is 12.4 Å². The molecule has 1 saturated heterocycles. The standard InChI is InChI=1S/C16H25FN2.ClH/c1-3-16(14-4-6-15(17)7-5-14)19-10-8-13(9-11-19)12(2)18;/h4-7,12-13,16H,3,8-11,18H2,1-2H3;1H. The van der Waals surface area contributed by atoms with Gasteiger partial charge in [-0.3, -0.25) is 4.90 Å². The summed E-state index contributed by atoms with van der Waals surface area (Å²) in [6.45, 7) is 6.51. The fourth-order valence-corrected chi connectivity index (χ4v) is 3.15. The molecule has 0 spiro atoms. The van der Waals surface area contributed by atoms with E-state index in [1.165, 1.54) is 18.4 Å². The molecule has 0 aliphatic carbocycles. The van der Waals surface area contributed by atoms with E-state index < -0.39 is 0 Å². The van der Waals surface area contributed by atoms with Crippen LogP contribution in [0.3, 0.4) is 0 Å². The third kappa shape index (κ3) is 4.18. The number of halogens is 2. The molecule has 0 aromatic heterocycles. The number of hydrogen-bond donors (Lipinski definition) is 1. The number of nitrogens with zero attached hydrogens (tertiary/aromatic N) is 1. The van der Waals surface area contributed by atoms with E-state index in [2.05, 4.69) is 18.7 Å². The second-order valence-corrected chi connectivity index (χ2v) is 5.71. The van der Waals surface area contributed by atoms with Crippen molar-refractivity contribution in [2.45, 2.75) is 45.2 Å². The van der Waals surface area contributed by atoms with Gasteiger partial charge in [0.05, 0.1) is 0 Å². The molecule has 2 atom stereocenters. The van der Waals surface area contributed by atoms with Gasteiger partial charge in [-0.25, -0.2) is 4.39 Å². The average Bonchev–Trinajstić information content (AvgIpc) is 2.42. The number of rotatable bonds is 4. The normalized spacial score (nSPS) is 20.2. The van der Waals surface area contributed by atoms with E-state index in [0.717, 1.165) is 19.5 Å². The van der Waals surface area contributed by atoms with Crippen molar-refractivity contribution >= 4 is 12.4 Å². The SMILES string of the molecule is CCC(c1ccc(F)cc1)N1CCC(C(C)N)CC1.Cl. The molecule has 2 rings (SSSR count). The van der Waals surface area contributed by atoms with Crippen molar-refractivity contribution in [3.8, 4) is 0 Å². The Morgan fingerprint density at radius 1 is 1.25 bits per heavy atom. The Morgan fingerprint density at radius 3 is 2.25 bits per heavy atom. The summed E-state index contributed by atoms with van der Waals surface area (Å²) in [7, 11) is 0. The summed E-state index contributed by atoms with van der Waals surface area (Å²) < 4.78 is 13.0. The lowest BCUT2D eigenvalue weighted by Crippen LogP contribution is -2.41. The van der Waals surface area contributed by atoms with E-state index in [1.54, 1.807) is 12.1 Å². The second kappa shape index (κ2) is 7.96. The summed E-state index contributed by atoms with van der Waals surface area (Å²) in [4.78, 5) is 2.52. The predicted octanol–water partition coefficient (Wildman–Crippen LogP) is 3.76. The summed E-state index contributed by atoms with van der Waals surface area (Å²) >= 11 is 0. The Labute approximate surface area is 127 Å². The van der Waals surface area contributed by atoms with Crippen LogP contribution in [-0.2, 0) is 0 Å². The van der Waals surface area contributed by atoms with Crippen LogP contribution in [0.4, 0.5) is 4.39 Å². The molecule has 20 heavy (non-hydrogen) atoms. The predicted molar refractivity (Wildman–Crippen MR) is 84.6 cm³/mol. The Hall–Kier alpha value is -0.640. The van der Waals surface area contributed by atoms with Crippen molar-refractivity contribution in [2.24, 2.45) is 11.7 Å². The molecular formula is C16H26ClFN2. The van der Waals surface area contributed by atoms with Gasteiger partial charge in [0, 0.05) is 12.1 Å². The maximum Gasteiger partial charge on any atom is 0.123 e. The first-order valence-corrected chi connectivity index (χ1v) is 7.37. The minimum Gasteiger partial charge on any atom is -0.328 e. The van der Waals surface area contributed by atoms with Gasteiger partial charge in [0.15, 0.2) is 0 Å².